The lowest BCUT2D eigenvalue weighted by molar-refractivity contribution is -0.142. The number of hydrogen-bond donors (Lipinski definition) is 2. The number of hydrogen-bond acceptors (Lipinski definition) is 6. The Morgan fingerprint density at radius 3 is 2.89 bits per heavy atom. The minimum absolute atomic E-state index is 0.0521. The Bertz CT molecular complexity index is 949. The zero-order valence-electron chi connectivity index (χ0n) is 14.6. The summed E-state index contributed by atoms with van der Waals surface area (Å²) in [5.41, 5.74) is 1.76. The van der Waals surface area contributed by atoms with Gasteiger partial charge in [-0.05, 0) is 52.7 Å². The molecule has 0 aliphatic carbocycles. The number of aliphatic hydroxyl groups is 1. The molecule has 3 rings (SSSR count). The van der Waals surface area contributed by atoms with Gasteiger partial charge in [0.1, 0.15) is 18.3 Å². The molecule has 7 heteroatoms. The molecule has 0 amide bonds. The maximum Gasteiger partial charge on any atom is 0.310 e. The minimum Gasteiger partial charge on any atom is -0.504 e. The molecule has 1 heterocycles. The fraction of sp³-hybridized carbons (Fsp3) is 0.250. The zero-order chi connectivity index (χ0) is 19.4. The van der Waals surface area contributed by atoms with Gasteiger partial charge in [0.05, 0.1) is 23.8 Å². The molecular weight excluding hydrogens is 416 g/mol. The number of halogens is 1. The van der Waals surface area contributed by atoms with Crippen LogP contribution in [0.3, 0.4) is 0 Å². The lowest BCUT2D eigenvalue weighted by Crippen LogP contribution is -2.11. The Kier molecular flexibility index (Phi) is 6.03. The van der Waals surface area contributed by atoms with Gasteiger partial charge in [0.15, 0.2) is 11.5 Å². The number of rotatable bonds is 7. The highest BCUT2D eigenvalue weighted by molar-refractivity contribution is 9.10. The molecule has 0 bridgehead atoms. The van der Waals surface area contributed by atoms with Gasteiger partial charge in [0.25, 0.3) is 0 Å². The van der Waals surface area contributed by atoms with Crippen LogP contribution in [-0.4, -0.2) is 29.4 Å². The average Bonchev–Trinajstić information content (AvgIpc) is 3.11. The highest BCUT2D eigenvalue weighted by atomic mass is 79.9. The van der Waals surface area contributed by atoms with E-state index in [1.165, 1.54) is 0 Å². The van der Waals surface area contributed by atoms with E-state index in [4.69, 9.17) is 13.9 Å². The molecule has 6 nitrogen and oxygen atoms in total. The summed E-state index contributed by atoms with van der Waals surface area (Å²) in [6.07, 6.45) is 0.618. The van der Waals surface area contributed by atoms with Crippen LogP contribution in [0.4, 0.5) is 0 Å². The van der Waals surface area contributed by atoms with E-state index in [2.05, 4.69) is 15.9 Å². The van der Waals surface area contributed by atoms with Crippen LogP contribution in [0.1, 0.15) is 24.2 Å². The molecule has 0 radical (unpaired) electrons. The molecule has 1 unspecified atom stereocenters. The van der Waals surface area contributed by atoms with Crippen LogP contribution in [0.2, 0.25) is 0 Å². The Morgan fingerprint density at radius 1 is 1.30 bits per heavy atom. The Morgan fingerprint density at radius 2 is 2.11 bits per heavy atom. The van der Waals surface area contributed by atoms with Crippen molar-refractivity contribution in [1.29, 1.82) is 0 Å². The van der Waals surface area contributed by atoms with Crippen molar-refractivity contribution in [3.63, 3.8) is 0 Å². The van der Waals surface area contributed by atoms with Crippen molar-refractivity contribution < 1.29 is 28.9 Å². The second kappa shape index (κ2) is 8.45. The fourth-order valence-electron chi connectivity index (χ4n) is 2.71. The fourth-order valence-corrected chi connectivity index (χ4v) is 3.30. The highest BCUT2D eigenvalue weighted by Crippen LogP contribution is 2.32. The SMILES string of the molecule is CCOC(=O)Cc1cccc(OCC(O)c2cc(Br)c3occc3c2)c1O. The zero-order valence-corrected chi connectivity index (χ0v) is 16.2. The molecule has 0 spiro atoms. The number of para-hydroxylation sites is 1. The van der Waals surface area contributed by atoms with Crippen LogP contribution in [0, 0.1) is 0 Å². The summed E-state index contributed by atoms with van der Waals surface area (Å²) in [5.74, 6) is -0.369. The van der Waals surface area contributed by atoms with Crippen molar-refractivity contribution in [3.05, 3.63) is 58.3 Å². The monoisotopic (exact) mass is 434 g/mol. The summed E-state index contributed by atoms with van der Waals surface area (Å²) in [4.78, 5) is 11.6. The third kappa shape index (κ3) is 4.43. The van der Waals surface area contributed by atoms with Gasteiger partial charge in [-0.1, -0.05) is 12.1 Å². The van der Waals surface area contributed by atoms with Gasteiger partial charge in [-0.15, -0.1) is 0 Å². The summed E-state index contributed by atoms with van der Waals surface area (Å²) >= 11 is 3.42. The number of phenolic OH excluding ortho intramolecular Hbond substituents is 1. The second-order valence-corrected chi connectivity index (χ2v) is 6.77. The largest absolute Gasteiger partial charge is 0.504 e. The first kappa shape index (κ1) is 19.3. The van der Waals surface area contributed by atoms with Crippen molar-refractivity contribution in [2.75, 3.05) is 13.2 Å². The van der Waals surface area contributed by atoms with Crippen molar-refractivity contribution in [1.82, 2.24) is 0 Å². The molecule has 142 valence electrons. The van der Waals surface area contributed by atoms with Crippen LogP contribution < -0.4 is 4.74 Å². The lowest BCUT2D eigenvalue weighted by atomic mass is 10.1. The van der Waals surface area contributed by atoms with Gasteiger partial charge in [0, 0.05) is 10.9 Å². The van der Waals surface area contributed by atoms with Crippen LogP contribution in [0.5, 0.6) is 11.5 Å². The average molecular weight is 435 g/mol. The summed E-state index contributed by atoms with van der Waals surface area (Å²) in [6.45, 7) is 1.93. The van der Waals surface area contributed by atoms with E-state index in [9.17, 15) is 15.0 Å². The molecule has 1 aromatic heterocycles. The topological polar surface area (TPSA) is 89.1 Å². The number of fused-ring (bicyclic) bond motifs is 1. The summed E-state index contributed by atoms with van der Waals surface area (Å²) < 4.78 is 16.6. The molecule has 1 atom stereocenters. The number of phenols is 1. The minimum atomic E-state index is -0.909. The summed E-state index contributed by atoms with van der Waals surface area (Å²) in [5, 5.41) is 21.6. The van der Waals surface area contributed by atoms with E-state index in [1.54, 1.807) is 37.5 Å². The first-order valence-corrected chi connectivity index (χ1v) is 9.23. The second-order valence-electron chi connectivity index (χ2n) is 5.91. The van der Waals surface area contributed by atoms with E-state index in [0.29, 0.717) is 16.7 Å². The molecule has 0 aliphatic rings. The Labute approximate surface area is 164 Å². The number of furan rings is 1. The van der Waals surface area contributed by atoms with Crippen LogP contribution >= 0.6 is 15.9 Å². The molecule has 3 aromatic rings. The first-order chi connectivity index (χ1) is 13.0. The van der Waals surface area contributed by atoms with Crippen LogP contribution in [-0.2, 0) is 16.0 Å². The number of aliphatic hydroxyl groups excluding tert-OH is 1. The molecule has 0 saturated heterocycles. The van der Waals surface area contributed by atoms with Gasteiger partial charge in [-0.3, -0.25) is 4.79 Å². The molecular formula is C20H19BrO6. The van der Waals surface area contributed by atoms with Crippen LogP contribution in [0.15, 0.2) is 51.6 Å². The first-order valence-electron chi connectivity index (χ1n) is 8.43. The predicted molar refractivity (Wildman–Crippen MR) is 103 cm³/mol. The highest BCUT2D eigenvalue weighted by Gasteiger charge is 2.16. The van der Waals surface area contributed by atoms with Crippen molar-refractivity contribution in [2.45, 2.75) is 19.4 Å². The van der Waals surface area contributed by atoms with E-state index in [-0.39, 0.29) is 31.1 Å². The number of ether oxygens (including phenoxy) is 2. The van der Waals surface area contributed by atoms with E-state index >= 15 is 0 Å². The Hall–Kier alpha value is -2.51. The van der Waals surface area contributed by atoms with E-state index in [0.717, 1.165) is 9.86 Å². The molecule has 0 aliphatic heterocycles. The standard InChI is InChI=1S/C20H19BrO6/c1-2-25-18(23)10-12-4-3-5-17(19(12)24)27-11-16(22)14-8-13-6-7-26-20(13)15(21)9-14/h3-9,16,22,24H,2,10-11H2,1H3. The predicted octanol–water partition coefficient (Wildman–Crippen LogP) is 4.12. The maximum absolute atomic E-state index is 11.6. The number of esters is 1. The van der Waals surface area contributed by atoms with Gasteiger partial charge in [-0.25, -0.2) is 0 Å². The molecule has 2 aromatic carbocycles. The number of aromatic hydroxyl groups is 1. The van der Waals surface area contributed by atoms with Crippen LogP contribution in [0.25, 0.3) is 11.0 Å². The summed E-state index contributed by atoms with van der Waals surface area (Å²) in [6, 6.07) is 10.3. The van der Waals surface area contributed by atoms with E-state index in [1.807, 2.05) is 12.1 Å². The summed E-state index contributed by atoms with van der Waals surface area (Å²) in [7, 11) is 0. The van der Waals surface area contributed by atoms with Crippen molar-refractivity contribution >= 4 is 32.9 Å². The van der Waals surface area contributed by atoms with Crippen molar-refractivity contribution in [2.24, 2.45) is 0 Å². The van der Waals surface area contributed by atoms with Gasteiger partial charge >= 0.3 is 5.97 Å². The molecule has 0 saturated carbocycles. The van der Waals surface area contributed by atoms with Gasteiger partial charge in [0.2, 0.25) is 0 Å². The number of carbonyl (C=O) groups excluding carboxylic acids is 1. The maximum atomic E-state index is 11.6. The smallest absolute Gasteiger partial charge is 0.310 e. The molecule has 0 fully saturated rings. The third-order valence-electron chi connectivity index (χ3n) is 4.03. The molecule has 27 heavy (non-hydrogen) atoms. The lowest BCUT2D eigenvalue weighted by Gasteiger charge is -2.15. The van der Waals surface area contributed by atoms with Gasteiger partial charge < -0.3 is 24.1 Å². The van der Waals surface area contributed by atoms with Crippen molar-refractivity contribution in [3.8, 4) is 11.5 Å². The number of carbonyl (C=O) groups is 1. The quantitative estimate of drug-likeness (QED) is 0.543. The normalized spacial score (nSPS) is 12.1. The number of benzene rings is 2. The Balaban J connectivity index is 1.71. The molecule has 2 N–H and O–H groups in total. The van der Waals surface area contributed by atoms with Gasteiger partial charge in [-0.2, -0.15) is 0 Å². The third-order valence-corrected chi connectivity index (χ3v) is 4.62. The van der Waals surface area contributed by atoms with E-state index < -0.39 is 12.1 Å².